The molecule has 1 aromatic carbocycles. The first-order valence-electron chi connectivity index (χ1n) is 5.56. The molecule has 2 nitrogen and oxygen atoms in total. The van der Waals surface area contributed by atoms with Crippen molar-refractivity contribution < 1.29 is 13.9 Å². The van der Waals surface area contributed by atoms with E-state index in [9.17, 15) is 13.9 Å². The van der Waals surface area contributed by atoms with E-state index in [0.29, 0.717) is 6.42 Å². The van der Waals surface area contributed by atoms with Crippen LogP contribution >= 0.6 is 11.6 Å². The van der Waals surface area contributed by atoms with E-state index >= 15 is 0 Å². The highest BCUT2D eigenvalue weighted by atomic mass is 35.5. The van der Waals surface area contributed by atoms with Crippen molar-refractivity contribution in [3.8, 4) is 0 Å². The summed E-state index contributed by atoms with van der Waals surface area (Å²) >= 11 is 5.67. The molecule has 0 aliphatic carbocycles. The third-order valence-electron chi connectivity index (χ3n) is 2.68. The second-order valence-corrected chi connectivity index (χ2v) is 4.37. The molecule has 0 saturated carbocycles. The molecule has 0 aromatic heterocycles. The molecule has 2 atom stereocenters. The predicted octanol–water partition coefficient (Wildman–Crippen LogP) is 3.17. The molecule has 17 heavy (non-hydrogen) atoms. The monoisotopic (exact) mass is 263 g/mol. The van der Waals surface area contributed by atoms with E-state index in [-0.39, 0.29) is 10.6 Å². The Kier molecular flexibility index (Phi) is 5.31. The van der Waals surface area contributed by atoms with Gasteiger partial charge in [0.1, 0.15) is 11.6 Å². The Morgan fingerprint density at radius 3 is 2.53 bits per heavy atom. The van der Waals surface area contributed by atoms with Crippen molar-refractivity contribution in [2.45, 2.75) is 38.3 Å². The first kappa shape index (κ1) is 14.4. The number of rotatable bonds is 5. The quantitative estimate of drug-likeness (QED) is 0.802. The van der Waals surface area contributed by atoms with Crippen LogP contribution in [0.15, 0.2) is 12.1 Å². The summed E-state index contributed by atoms with van der Waals surface area (Å²) in [7, 11) is 0. The molecular weight excluding hydrogens is 248 g/mol. The van der Waals surface area contributed by atoms with Crippen molar-refractivity contribution in [3.63, 3.8) is 0 Å². The van der Waals surface area contributed by atoms with Crippen molar-refractivity contribution in [2.24, 2.45) is 5.73 Å². The summed E-state index contributed by atoms with van der Waals surface area (Å²) in [5.41, 5.74) is 5.55. The minimum absolute atomic E-state index is 0.157. The van der Waals surface area contributed by atoms with E-state index < -0.39 is 23.8 Å². The van der Waals surface area contributed by atoms with Crippen molar-refractivity contribution in [3.05, 3.63) is 34.4 Å². The van der Waals surface area contributed by atoms with E-state index in [1.807, 2.05) is 6.92 Å². The third-order valence-corrected chi connectivity index (χ3v) is 3.06. The molecule has 3 N–H and O–H groups in total. The fraction of sp³-hybridized carbons (Fsp3) is 0.500. The van der Waals surface area contributed by atoms with Crippen molar-refractivity contribution in [1.82, 2.24) is 0 Å². The van der Waals surface area contributed by atoms with Crippen LogP contribution in [0.4, 0.5) is 8.78 Å². The van der Waals surface area contributed by atoms with Gasteiger partial charge >= 0.3 is 0 Å². The van der Waals surface area contributed by atoms with Gasteiger partial charge in [0.15, 0.2) is 0 Å². The number of aliphatic hydroxyl groups is 1. The molecule has 1 rings (SSSR count). The standard InChI is InChI=1S/C12H16ClF2NO/c1-2-3-4-9(17)12(16)10-7(14)5-6-8(15)11(10)13/h5-6,9,12,17H,2-4,16H2,1H3/t9-,12-/m1/s1. The molecule has 0 heterocycles. The van der Waals surface area contributed by atoms with Gasteiger partial charge in [-0.1, -0.05) is 31.4 Å². The number of hydrogen-bond acceptors (Lipinski definition) is 2. The normalized spacial score (nSPS) is 14.7. The van der Waals surface area contributed by atoms with E-state index in [0.717, 1.165) is 25.0 Å². The summed E-state index contributed by atoms with van der Waals surface area (Å²) in [6.45, 7) is 1.97. The number of unbranched alkanes of at least 4 members (excludes halogenated alkanes) is 1. The Morgan fingerprint density at radius 2 is 1.94 bits per heavy atom. The van der Waals surface area contributed by atoms with Crippen molar-refractivity contribution >= 4 is 11.6 Å². The molecule has 0 bridgehead atoms. The molecule has 0 amide bonds. The van der Waals surface area contributed by atoms with Gasteiger partial charge in [0.25, 0.3) is 0 Å². The smallest absolute Gasteiger partial charge is 0.142 e. The van der Waals surface area contributed by atoms with Gasteiger partial charge < -0.3 is 10.8 Å². The third kappa shape index (κ3) is 3.37. The van der Waals surface area contributed by atoms with Crippen LogP contribution < -0.4 is 5.73 Å². The van der Waals surface area contributed by atoms with Crippen LogP contribution in [0.3, 0.4) is 0 Å². The molecule has 1 aromatic rings. The first-order chi connectivity index (χ1) is 7.99. The second-order valence-electron chi connectivity index (χ2n) is 3.99. The first-order valence-corrected chi connectivity index (χ1v) is 5.93. The summed E-state index contributed by atoms with van der Waals surface area (Å²) in [5.74, 6) is -1.43. The van der Waals surface area contributed by atoms with E-state index in [4.69, 9.17) is 17.3 Å². The Bertz CT molecular complexity index is 387. The molecule has 0 fully saturated rings. The van der Waals surface area contributed by atoms with E-state index in [2.05, 4.69) is 0 Å². The largest absolute Gasteiger partial charge is 0.391 e. The van der Waals surface area contributed by atoms with Gasteiger partial charge in [-0.05, 0) is 18.6 Å². The van der Waals surface area contributed by atoms with E-state index in [1.54, 1.807) is 0 Å². The van der Waals surface area contributed by atoms with Gasteiger partial charge in [0.05, 0.1) is 17.2 Å². The summed E-state index contributed by atoms with van der Waals surface area (Å²) in [5, 5.41) is 9.42. The highest BCUT2D eigenvalue weighted by molar-refractivity contribution is 6.31. The lowest BCUT2D eigenvalue weighted by molar-refractivity contribution is 0.131. The van der Waals surface area contributed by atoms with E-state index in [1.165, 1.54) is 0 Å². The Morgan fingerprint density at radius 1 is 1.35 bits per heavy atom. The SMILES string of the molecule is CCCC[C@@H](O)[C@@H](N)c1c(F)ccc(F)c1Cl. The zero-order valence-electron chi connectivity index (χ0n) is 9.59. The van der Waals surface area contributed by atoms with Crippen LogP contribution in [0.1, 0.15) is 37.8 Å². The lowest BCUT2D eigenvalue weighted by Gasteiger charge is -2.20. The lowest BCUT2D eigenvalue weighted by atomic mass is 9.98. The van der Waals surface area contributed by atoms with Gasteiger partial charge in [-0.25, -0.2) is 8.78 Å². The highest BCUT2D eigenvalue weighted by Crippen LogP contribution is 2.30. The minimum Gasteiger partial charge on any atom is -0.391 e. The average molecular weight is 264 g/mol. The maximum absolute atomic E-state index is 13.5. The van der Waals surface area contributed by atoms with Gasteiger partial charge in [-0.2, -0.15) is 0 Å². The molecule has 0 saturated heterocycles. The summed E-state index contributed by atoms with van der Waals surface area (Å²) in [6, 6.07) is 0.889. The van der Waals surface area contributed by atoms with Crippen LogP contribution in [0.5, 0.6) is 0 Å². The van der Waals surface area contributed by atoms with Gasteiger partial charge in [0, 0.05) is 5.56 Å². The maximum atomic E-state index is 13.5. The van der Waals surface area contributed by atoms with Crippen LogP contribution in [-0.4, -0.2) is 11.2 Å². The van der Waals surface area contributed by atoms with Gasteiger partial charge in [0.2, 0.25) is 0 Å². The number of halogens is 3. The molecular formula is C12H16ClF2NO. The van der Waals surface area contributed by atoms with Crippen LogP contribution in [0, 0.1) is 11.6 Å². The number of benzene rings is 1. The number of nitrogens with two attached hydrogens (primary N) is 1. The van der Waals surface area contributed by atoms with Gasteiger partial charge in [-0.3, -0.25) is 0 Å². The summed E-state index contributed by atoms with van der Waals surface area (Å²) < 4.78 is 26.7. The van der Waals surface area contributed by atoms with Gasteiger partial charge in [-0.15, -0.1) is 0 Å². The zero-order valence-corrected chi connectivity index (χ0v) is 10.3. The molecule has 0 aliphatic heterocycles. The Hall–Kier alpha value is -0.710. The molecule has 5 heteroatoms. The molecule has 0 spiro atoms. The van der Waals surface area contributed by atoms with Crippen LogP contribution in [-0.2, 0) is 0 Å². The van der Waals surface area contributed by atoms with Crippen LogP contribution in [0.25, 0.3) is 0 Å². The lowest BCUT2D eigenvalue weighted by Crippen LogP contribution is -2.27. The number of aliphatic hydroxyl groups excluding tert-OH is 1. The van der Waals surface area contributed by atoms with Crippen LogP contribution in [0.2, 0.25) is 5.02 Å². The topological polar surface area (TPSA) is 46.2 Å². The summed E-state index contributed by atoms with van der Waals surface area (Å²) in [4.78, 5) is 0. The Labute approximate surface area is 104 Å². The zero-order chi connectivity index (χ0) is 13.0. The Balaban J connectivity index is 2.95. The minimum atomic E-state index is -1.01. The molecule has 96 valence electrons. The molecule has 0 aliphatic rings. The maximum Gasteiger partial charge on any atom is 0.142 e. The fourth-order valence-electron chi connectivity index (χ4n) is 1.63. The summed E-state index contributed by atoms with van der Waals surface area (Å²) in [6.07, 6.45) is 1.17. The predicted molar refractivity (Wildman–Crippen MR) is 63.8 cm³/mol. The highest BCUT2D eigenvalue weighted by Gasteiger charge is 2.24. The fourth-order valence-corrected chi connectivity index (χ4v) is 1.91. The average Bonchev–Trinajstić information content (AvgIpc) is 2.31. The van der Waals surface area contributed by atoms with Crippen molar-refractivity contribution in [2.75, 3.05) is 0 Å². The number of hydrogen-bond donors (Lipinski definition) is 2. The van der Waals surface area contributed by atoms with Crippen molar-refractivity contribution in [1.29, 1.82) is 0 Å². The molecule has 0 radical (unpaired) electrons. The second kappa shape index (κ2) is 6.28. The molecule has 0 unspecified atom stereocenters.